The van der Waals surface area contributed by atoms with Crippen molar-refractivity contribution in [2.45, 2.75) is 46.0 Å². The molecule has 3 saturated carbocycles. The maximum absolute atomic E-state index is 2.55. The van der Waals surface area contributed by atoms with Crippen LogP contribution in [-0.2, 0) is 0 Å². The highest BCUT2D eigenvalue weighted by atomic mass is 14.7. The maximum atomic E-state index is 2.55. The summed E-state index contributed by atoms with van der Waals surface area (Å²) >= 11 is 0. The van der Waals surface area contributed by atoms with Gasteiger partial charge in [-0.15, -0.1) is 0 Å². The number of rotatable bonds is 0. The molecule has 0 aromatic rings. The maximum Gasteiger partial charge on any atom is -0.00200 e. The molecule has 0 saturated heterocycles. The molecule has 0 N–H and O–H groups in total. The molecule has 0 heteroatoms. The van der Waals surface area contributed by atoms with E-state index >= 15 is 0 Å². The minimum atomic E-state index is 0.748. The third-order valence-electron chi connectivity index (χ3n) is 6.12. The first kappa shape index (κ1) is 7.96. The molecule has 0 radical (unpaired) electrons. The first-order valence-corrected chi connectivity index (χ1v) is 6.46. The van der Waals surface area contributed by atoms with Gasteiger partial charge in [-0.2, -0.15) is 0 Å². The van der Waals surface area contributed by atoms with Gasteiger partial charge in [0.2, 0.25) is 0 Å². The van der Waals surface area contributed by atoms with E-state index in [4.69, 9.17) is 0 Å². The predicted octanol–water partition coefficient (Wildman–Crippen LogP) is 3.78. The van der Waals surface area contributed by atoms with E-state index in [1.165, 1.54) is 25.7 Å². The fourth-order valence-corrected chi connectivity index (χ4v) is 5.68. The van der Waals surface area contributed by atoms with Gasteiger partial charge in [0, 0.05) is 0 Å². The Bertz CT molecular complexity index is 334. The average Bonchev–Trinajstić information content (AvgIpc) is 2.81. The van der Waals surface area contributed by atoms with Crippen LogP contribution in [0.5, 0.6) is 0 Å². The van der Waals surface area contributed by atoms with Crippen molar-refractivity contribution in [2.24, 2.45) is 29.1 Å². The third-order valence-corrected chi connectivity index (χ3v) is 6.12. The normalized spacial score (nSPS) is 58.7. The van der Waals surface area contributed by atoms with E-state index in [1.807, 2.05) is 11.1 Å². The van der Waals surface area contributed by atoms with Crippen LogP contribution in [0.1, 0.15) is 46.0 Å². The van der Waals surface area contributed by atoms with Crippen molar-refractivity contribution >= 4 is 0 Å². The van der Waals surface area contributed by atoms with Gasteiger partial charge in [-0.1, -0.05) is 25.0 Å². The average molecular weight is 188 g/mol. The Kier molecular flexibility index (Phi) is 1.21. The molecular weight excluding hydrogens is 168 g/mol. The first-order chi connectivity index (χ1) is 6.73. The highest BCUT2D eigenvalue weighted by molar-refractivity contribution is 5.45. The van der Waals surface area contributed by atoms with E-state index in [1.54, 1.807) is 6.42 Å². The van der Waals surface area contributed by atoms with Gasteiger partial charge in [0.05, 0.1) is 0 Å². The van der Waals surface area contributed by atoms with Crippen LogP contribution in [0.25, 0.3) is 0 Å². The van der Waals surface area contributed by atoms with Crippen LogP contribution < -0.4 is 0 Å². The summed E-state index contributed by atoms with van der Waals surface area (Å²) in [6.07, 6.45) is 7.55. The smallest absolute Gasteiger partial charge is 0.00200 e. The lowest BCUT2D eigenvalue weighted by Gasteiger charge is -2.43. The van der Waals surface area contributed by atoms with Crippen LogP contribution in [0.15, 0.2) is 11.1 Å². The molecule has 5 unspecified atom stereocenters. The van der Waals surface area contributed by atoms with Gasteiger partial charge >= 0.3 is 0 Å². The van der Waals surface area contributed by atoms with Crippen LogP contribution in [0.4, 0.5) is 0 Å². The molecule has 0 amide bonds. The molecule has 76 valence electrons. The van der Waals surface area contributed by atoms with Gasteiger partial charge in [0.15, 0.2) is 0 Å². The van der Waals surface area contributed by atoms with E-state index in [2.05, 4.69) is 13.8 Å². The van der Waals surface area contributed by atoms with Gasteiger partial charge in [-0.3, -0.25) is 0 Å². The first-order valence-electron chi connectivity index (χ1n) is 6.46. The van der Waals surface area contributed by atoms with Gasteiger partial charge in [0.1, 0.15) is 0 Å². The summed E-state index contributed by atoms with van der Waals surface area (Å²) in [5.41, 5.74) is 4.68. The van der Waals surface area contributed by atoms with Crippen molar-refractivity contribution in [2.75, 3.05) is 0 Å². The molecule has 0 aliphatic heterocycles. The van der Waals surface area contributed by atoms with Crippen molar-refractivity contribution in [1.82, 2.24) is 0 Å². The molecule has 0 aromatic heterocycles. The Balaban J connectivity index is 1.89. The summed E-state index contributed by atoms with van der Waals surface area (Å²) < 4.78 is 0. The molecule has 0 heterocycles. The molecule has 4 bridgehead atoms. The molecule has 5 atom stereocenters. The summed E-state index contributed by atoms with van der Waals surface area (Å²) in [4.78, 5) is 0. The number of hydrogen-bond donors (Lipinski definition) is 0. The number of allylic oxidation sites excluding steroid dienone is 2. The lowest BCUT2D eigenvalue weighted by Crippen LogP contribution is -2.34. The molecule has 14 heavy (non-hydrogen) atoms. The lowest BCUT2D eigenvalue weighted by molar-refractivity contribution is 0.127. The monoisotopic (exact) mass is 188 g/mol. The second-order valence-electron chi connectivity index (χ2n) is 6.42. The largest absolute Gasteiger partial charge is 0.0667 e. The zero-order chi connectivity index (χ0) is 9.50. The predicted molar refractivity (Wildman–Crippen MR) is 57.9 cm³/mol. The summed E-state index contributed by atoms with van der Waals surface area (Å²) in [5, 5.41) is 0. The van der Waals surface area contributed by atoms with Crippen molar-refractivity contribution < 1.29 is 0 Å². The van der Waals surface area contributed by atoms with Crippen LogP contribution in [0.2, 0.25) is 0 Å². The molecule has 0 aromatic carbocycles. The molecule has 5 rings (SSSR count). The van der Waals surface area contributed by atoms with E-state index in [9.17, 15) is 0 Å². The van der Waals surface area contributed by atoms with Gasteiger partial charge in [-0.25, -0.2) is 0 Å². The van der Waals surface area contributed by atoms with Crippen LogP contribution in [-0.4, -0.2) is 0 Å². The highest BCUT2D eigenvalue weighted by Crippen LogP contribution is 2.76. The Labute approximate surface area is 86.8 Å². The second-order valence-corrected chi connectivity index (χ2v) is 6.42. The third kappa shape index (κ3) is 0.594. The summed E-state index contributed by atoms with van der Waals surface area (Å²) in [6, 6.07) is 0. The van der Waals surface area contributed by atoms with Gasteiger partial charge in [-0.05, 0) is 61.2 Å². The number of hydrogen-bond acceptors (Lipinski definition) is 0. The van der Waals surface area contributed by atoms with Crippen molar-refractivity contribution in [3.8, 4) is 0 Å². The van der Waals surface area contributed by atoms with Crippen molar-refractivity contribution in [3.05, 3.63) is 11.1 Å². The van der Waals surface area contributed by atoms with Crippen LogP contribution >= 0.6 is 0 Å². The van der Waals surface area contributed by atoms with E-state index in [0.29, 0.717) is 0 Å². The second kappa shape index (κ2) is 2.13. The van der Waals surface area contributed by atoms with Crippen LogP contribution in [0, 0.1) is 29.1 Å². The summed E-state index contributed by atoms with van der Waals surface area (Å²) in [5.74, 6) is 4.16. The molecule has 3 fully saturated rings. The lowest BCUT2D eigenvalue weighted by atomic mass is 9.61. The molecule has 0 nitrogen and oxygen atoms in total. The van der Waals surface area contributed by atoms with E-state index < -0.39 is 0 Å². The molecule has 5 aliphatic rings. The molecule has 1 spiro atoms. The summed E-state index contributed by atoms with van der Waals surface area (Å²) in [6.45, 7) is 5.03. The Morgan fingerprint density at radius 2 is 2.14 bits per heavy atom. The Morgan fingerprint density at radius 1 is 1.29 bits per heavy atom. The minimum absolute atomic E-state index is 0.748. The molecular formula is C14H20. The fraction of sp³-hybridized carbons (Fsp3) is 0.857. The van der Waals surface area contributed by atoms with Crippen LogP contribution in [0.3, 0.4) is 0 Å². The van der Waals surface area contributed by atoms with Crippen molar-refractivity contribution in [3.63, 3.8) is 0 Å². The van der Waals surface area contributed by atoms with Crippen molar-refractivity contribution in [1.29, 1.82) is 0 Å². The topological polar surface area (TPSA) is 0 Å². The zero-order valence-corrected chi connectivity index (χ0v) is 9.34. The Hall–Kier alpha value is -0.260. The zero-order valence-electron chi connectivity index (χ0n) is 9.34. The fourth-order valence-electron chi connectivity index (χ4n) is 5.68. The Morgan fingerprint density at radius 3 is 2.93 bits per heavy atom. The minimum Gasteiger partial charge on any atom is -0.0667 e. The van der Waals surface area contributed by atoms with E-state index in [-0.39, 0.29) is 0 Å². The SMILES string of the molecule is CC1CCC2=C3CC4CC3C(C)C24C1. The van der Waals surface area contributed by atoms with E-state index in [0.717, 1.165) is 29.1 Å². The van der Waals surface area contributed by atoms with Gasteiger partial charge < -0.3 is 0 Å². The highest BCUT2D eigenvalue weighted by Gasteiger charge is 2.66. The quantitative estimate of drug-likeness (QED) is 0.507. The summed E-state index contributed by atoms with van der Waals surface area (Å²) in [7, 11) is 0. The standard InChI is InChI=1S/C14H20/c1-8-3-4-13-12-6-10-5-11(12)9(2)14(10,13)7-8/h8-11H,3-7H2,1-2H3. The van der Waals surface area contributed by atoms with Gasteiger partial charge in [0.25, 0.3) is 0 Å². The molecule has 5 aliphatic carbocycles.